The van der Waals surface area contributed by atoms with Crippen molar-refractivity contribution in [2.75, 3.05) is 13.1 Å². The Balaban J connectivity index is 3.76. The highest BCUT2D eigenvalue weighted by atomic mass is 32.2. The van der Waals surface area contributed by atoms with E-state index in [4.69, 9.17) is 5.11 Å². The van der Waals surface area contributed by atoms with E-state index in [9.17, 15) is 8.42 Å². The smallest absolute Gasteiger partial charge is 0.276 e. The predicted molar refractivity (Wildman–Crippen MR) is 46.9 cm³/mol. The van der Waals surface area contributed by atoms with Crippen molar-refractivity contribution in [1.82, 2.24) is 9.44 Å². The molecule has 0 aromatic rings. The molecule has 0 aliphatic carbocycles. The first kappa shape index (κ1) is 11.8. The molecule has 0 rings (SSSR count). The number of aliphatic hydroxyl groups is 1. The van der Waals surface area contributed by atoms with Gasteiger partial charge in [-0.1, -0.05) is 13.8 Å². The van der Waals surface area contributed by atoms with Gasteiger partial charge in [-0.05, 0) is 6.42 Å². The van der Waals surface area contributed by atoms with E-state index < -0.39 is 16.3 Å². The molecule has 0 spiro atoms. The monoisotopic (exact) mass is 196 g/mol. The topological polar surface area (TPSA) is 78.4 Å². The minimum atomic E-state index is -3.40. The molecule has 0 aliphatic heterocycles. The molecule has 5 nitrogen and oxygen atoms in total. The molecule has 0 radical (unpaired) electrons. The van der Waals surface area contributed by atoms with Gasteiger partial charge in [-0.3, -0.25) is 0 Å². The molecule has 0 aromatic carbocycles. The Bertz CT molecular complexity index is 203. The number of aliphatic hydroxyl groups excluding tert-OH is 1. The molecule has 74 valence electrons. The average Bonchev–Trinajstić information content (AvgIpc) is 2.00. The van der Waals surface area contributed by atoms with Crippen LogP contribution in [-0.2, 0) is 10.2 Å². The minimum absolute atomic E-state index is 0.0613. The van der Waals surface area contributed by atoms with Gasteiger partial charge in [0.25, 0.3) is 10.2 Å². The second-order valence-electron chi connectivity index (χ2n) is 2.41. The van der Waals surface area contributed by atoms with Crippen LogP contribution in [0.15, 0.2) is 0 Å². The Hall–Kier alpha value is -0.170. The maximum absolute atomic E-state index is 10.9. The summed E-state index contributed by atoms with van der Waals surface area (Å²) in [7, 11) is -3.40. The van der Waals surface area contributed by atoms with Crippen LogP contribution in [0.1, 0.15) is 20.3 Å². The first-order valence-corrected chi connectivity index (χ1v) is 5.42. The summed E-state index contributed by atoms with van der Waals surface area (Å²) in [6.07, 6.45) is -0.0762. The predicted octanol–water partition coefficient (Wildman–Crippen LogP) is -0.799. The number of nitrogens with one attached hydrogen (secondary N) is 2. The third kappa shape index (κ3) is 5.48. The Morgan fingerprint density at radius 2 is 1.92 bits per heavy atom. The zero-order chi connectivity index (χ0) is 9.61. The van der Waals surface area contributed by atoms with Crippen LogP contribution in [0.2, 0.25) is 0 Å². The van der Waals surface area contributed by atoms with Crippen molar-refractivity contribution in [3.05, 3.63) is 0 Å². The number of hydrogen-bond acceptors (Lipinski definition) is 3. The summed E-state index contributed by atoms with van der Waals surface area (Å²) in [6, 6.07) is 0. The zero-order valence-electron chi connectivity index (χ0n) is 7.37. The van der Waals surface area contributed by atoms with E-state index in [2.05, 4.69) is 9.44 Å². The summed E-state index contributed by atoms with van der Waals surface area (Å²) in [4.78, 5) is 0. The molecule has 0 aromatic heterocycles. The summed E-state index contributed by atoms with van der Waals surface area (Å²) < 4.78 is 26.3. The largest absolute Gasteiger partial charge is 0.392 e. The molecule has 6 heteroatoms. The molecule has 0 amide bonds. The summed E-state index contributed by atoms with van der Waals surface area (Å²) in [6.45, 7) is 3.88. The molecule has 1 unspecified atom stereocenters. The molecule has 12 heavy (non-hydrogen) atoms. The molecule has 0 saturated heterocycles. The van der Waals surface area contributed by atoms with E-state index in [0.29, 0.717) is 13.0 Å². The lowest BCUT2D eigenvalue weighted by Crippen LogP contribution is -2.40. The lowest BCUT2D eigenvalue weighted by molar-refractivity contribution is 0.174. The molecule has 0 saturated carbocycles. The van der Waals surface area contributed by atoms with E-state index >= 15 is 0 Å². The highest BCUT2D eigenvalue weighted by Gasteiger charge is 2.09. The van der Waals surface area contributed by atoms with Gasteiger partial charge in [-0.2, -0.15) is 13.1 Å². The van der Waals surface area contributed by atoms with Crippen LogP contribution in [0.4, 0.5) is 0 Å². The first-order valence-electron chi connectivity index (χ1n) is 3.94. The Kier molecular flexibility index (Phi) is 5.39. The van der Waals surface area contributed by atoms with Gasteiger partial charge >= 0.3 is 0 Å². The van der Waals surface area contributed by atoms with Gasteiger partial charge in [0.05, 0.1) is 6.10 Å². The van der Waals surface area contributed by atoms with Crippen molar-refractivity contribution in [3.63, 3.8) is 0 Å². The SMILES string of the molecule is CCNS(=O)(=O)NCC(O)CC. The van der Waals surface area contributed by atoms with Crippen LogP contribution in [0.5, 0.6) is 0 Å². The Labute approximate surface area is 73.4 Å². The lowest BCUT2D eigenvalue weighted by Gasteiger charge is -2.09. The third-order valence-electron chi connectivity index (χ3n) is 1.31. The fourth-order valence-corrected chi connectivity index (χ4v) is 1.49. The van der Waals surface area contributed by atoms with Crippen molar-refractivity contribution in [2.45, 2.75) is 26.4 Å². The summed E-state index contributed by atoms with van der Waals surface area (Å²) in [5, 5.41) is 9.03. The van der Waals surface area contributed by atoms with Gasteiger partial charge in [-0.25, -0.2) is 4.72 Å². The van der Waals surface area contributed by atoms with Crippen molar-refractivity contribution in [1.29, 1.82) is 0 Å². The maximum Gasteiger partial charge on any atom is 0.276 e. The van der Waals surface area contributed by atoms with E-state index in [0.717, 1.165) is 0 Å². The van der Waals surface area contributed by atoms with Gasteiger partial charge in [0.2, 0.25) is 0 Å². The summed E-state index contributed by atoms with van der Waals surface area (Å²) in [5.74, 6) is 0. The van der Waals surface area contributed by atoms with Crippen LogP contribution >= 0.6 is 0 Å². The quantitative estimate of drug-likeness (QED) is 0.520. The lowest BCUT2D eigenvalue weighted by atomic mass is 10.3. The van der Waals surface area contributed by atoms with E-state index in [1.54, 1.807) is 13.8 Å². The van der Waals surface area contributed by atoms with Crippen molar-refractivity contribution >= 4 is 10.2 Å². The van der Waals surface area contributed by atoms with E-state index in [1.165, 1.54) is 0 Å². The fraction of sp³-hybridized carbons (Fsp3) is 1.00. The van der Waals surface area contributed by atoms with Gasteiger partial charge in [0.1, 0.15) is 0 Å². The molecule has 3 N–H and O–H groups in total. The van der Waals surface area contributed by atoms with Crippen LogP contribution in [0, 0.1) is 0 Å². The van der Waals surface area contributed by atoms with Crippen molar-refractivity contribution in [2.24, 2.45) is 0 Å². The van der Waals surface area contributed by atoms with Crippen molar-refractivity contribution in [3.8, 4) is 0 Å². The van der Waals surface area contributed by atoms with Crippen molar-refractivity contribution < 1.29 is 13.5 Å². The van der Waals surface area contributed by atoms with Crippen LogP contribution in [-0.4, -0.2) is 32.7 Å². The van der Waals surface area contributed by atoms with Gasteiger partial charge < -0.3 is 5.11 Å². The maximum atomic E-state index is 10.9. The van der Waals surface area contributed by atoms with E-state index in [-0.39, 0.29) is 6.54 Å². The van der Waals surface area contributed by atoms with Gasteiger partial charge in [0, 0.05) is 13.1 Å². The highest BCUT2D eigenvalue weighted by Crippen LogP contribution is 1.87. The zero-order valence-corrected chi connectivity index (χ0v) is 8.19. The molecular weight excluding hydrogens is 180 g/mol. The van der Waals surface area contributed by atoms with Crippen LogP contribution in [0.25, 0.3) is 0 Å². The first-order chi connectivity index (χ1) is 5.52. The third-order valence-corrected chi connectivity index (χ3v) is 2.53. The second-order valence-corrected chi connectivity index (χ2v) is 4.00. The summed E-state index contributed by atoms with van der Waals surface area (Å²) in [5.41, 5.74) is 0. The fourth-order valence-electron chi connectivity index (χ4n) is 0.591. The normalized spacial score (nSPS) is 14.6. The molecule has 0 fully saturated rings. The minimum Gasteiger partial charge on any atom is -0.392 e. The molecule has 0 aliphatic rings. The van der Waals surface area contributed by atoms with Gasteiger partial charge in [0.15, 0.2) is 0 Å². The Morgan fingerprint density at radius 3 is 2.33 bits per heavy atom. The van der Waals surface area contributed by atoms with Crippen LogP contribution in [0.3, 0.4) is 0 Å². The second kappa shape index (κ2) is 5.47. The van der Waals surface area contributed by atoms with Gasteiger partial charge in [-0.15, -0.1) is 0 Å². The molecule has 0 bridgehead atoms. The molecular formula is C6H16N2O3S. The van der Waals surface area contributed by atoms with Crippen LogP contribution < -0.4 is 9.44 Å². The standard InChI is InChI=1S/C6H16N2O3S/c1-3-6(9)5-8-12(10,11)7-4-2/h6-9H,3-5H2,1-2H3. The number of hydrogen-bond donors (Lipinski definition) is 3. The highest BCUT2D eigenvalue weighted by molar-refractivity contribution is 7.87. The average molecular weight is 196 g/mol. The molecule has 1 atom stereocenters. The molecule has 0 heterocycles. The summed E-state index contributed by atoms with van der Waals surface area (Å²) >= 11 is 0. The number of rotatable bonds is 6. The Morgan fingerprint density at radius 1 is 1.33 bits per heavy atom. The van der Waals surface area contributed by atoms with E-state index in [1.807, 2.05) is 0 Å².